The Bertz CT molecular complexity index is 283. The van der Waals surface area contributed by atoms with E-state index < -0.39 is 0 Å². The third-order valence-corrected chi connectivity index (χ3v) is 4.84. The van der Waals surface area contributed by atoms with Crippen LogP contribution in [-0.4, -0.2) is 72.9 Å². The molecule has 0 aromatic heterocycles. The van der Waals surface area contributed by atoms with E-state index in [0.29, 0.717) is 12.0 Å². The molecule has 2 rings (SSSR count). The van der Waals surface area contributed by atoms with E-state index >= 15 is 0 Å². The molecule has 4 heteroatoms. The first-order chi connectivity index (χ1) is 9.11. The summed E-state index contributed by atoms with van der Waals surface area (Å²) in [5.41, 5.74) is -0.0636. The van der Waals surface area contributed by atoms with Gasteiger partial charge in [0.2, 0.25) is 0 Å². The van der Waals surface area contributed by atoms with Gasteiger partial charge < -0.3 is 15.3 Å². The minimum Gasteiger partial charge on any atom is -0.394 e. The number of hydrogen-bond donors (Lipinski definition) is 2. The zero-order chi connectivity index (χ0) is 13.9. The van der Waals surface area contributed by atoms with Gasteiger partial charge in [-0.25, -0.2) is 0 Å². The molecule has 2 atom stereocenters. The van der Waals surface area contributed by atoms with Gasteiger partial charge in [0.15, 0.2) is 0 Å². The Morgan fingerprint density at radius 2 is 2.05 bits per heavy atom. The van der Waals surface area contributed by atoms with Crippen molar-refractivity contribution >= 4 is 0 Å². The van der Waals surface area contributed by atoms with Crippen molar-refractivity contribution in [3.63, 3.8) is 0 Å². The highest BCUT2D eigenvalue weighted by Gasteiger charge is 2.45. The lowest BCUT2D eigenvalue weighted by molar-refractivity contribution is 0.0753. The van der Waals surface area contributed by atoms with Crippen LogP contribution in [0.2, 0.25) is 0 Å². The molecule has 2 unspecified atom stereocenters. The van der Waals surface area contributed by atoms with Crippen LogP contribution >= 0.6 is 0 Å². The van der Waals surface area contributed by atoms with E-state index in [-0.39, 0.29) is 12.1 Å². The van der Waals surface area contributed by atoms with Crippen LogP contribution in [-0.2, 0) is 0 Å². The molecule has 2 fully saturated rings. The predicted octanol–water partition coefficient (Wildman–Crippen LogP) is 0.763. The molecule has 1 aliphatic carbocycles. The zero-order valence-electron chi connectivity index (χ0n) is 12.9. The van der Waals surface area contributed by atoms with Gasteiger partial charge in [-0.05, 0) is 58.8 Å². The average Bonchev–Trinajstić information content (AvgIpc) is 3.20. The van der Waals surface area contributed by atoms with Crippen LogP contribution in [0, 0.1) is 5.92 Å². The van der Waals surface area contributed by atoms with E-state index in [2.05, 4.69) is 36.0 Å². The first-order valence-electron chi connectivity index (χ1n) is 7.90. The molecule has 19 heavy (non-hydrogen) atoms. The van der Waals surface area contributed by atoms with Crippen LogP contribution in [0.4, 0.5) is 0 Å². The summed E-state index contributed by atoms with van der Waals surface area (Å²) in [6.45, 7) is 10.2. The first-order valence-corrected chi connectivity index (χ1v) is 7.90. The fourth-order valence-corrected chi connectivity index (χ4v) is 3.57. The molecule has 0 bridgehead atoms. The van der Waals surface area contributed by atoms with E-state index in [1.54, 1.807) is 0 Å². The number of nitrogens with zero attached hydrogens (tertiary/aromatic N) is 2. The van der Waals surface area contributed by atoms with Crippen molar-refractivity contribution < 1.29 is 5.11 Å². The molecular formula is C15H31N3O. The van der Waals surface area contributed by atoms with E-state index in [1.165, 1.54) is 25.8 Å². The molecule has 0 radical (unpaired) electrons. The number of rotatable bonds is 6. The minimum absolute atomic E-state index is 0.0636. The Morgan fingerprint density at radius 3 is 2.63 bits per heavy atom. The van der Waals surface area contributed by atoms with E-state index in [1.807, 2.05) is 0 Å². The van der Waals surface area contributed by atoms with Crippen molar-refractivity contribution in [3.05, 3.63) is 0 Å². The highest BCUT2D eigenvalue weighted by molar-refractivity contribution is 5.03. The summed E-state index contributed by atoms with van der Waals surface area (Å²) in [6.07, 6.45) is 3.78. The third kappa shape index (κ3) is 3.69. The molecule has 1 heterocycles. The molecular weight excluding hydrogens is 238 g/mol. The fraction of sp³-hybridized carbons (Fsp3) is 1.00. The second-order valence-electron chi connectivity index (χ2n) is 6.55. The smallest absolute Gasteiger partial charge is 0.0628 e. The molecule has 0 aromatic rings. The van der Waals surface area contributed by atoms with Crippen molar-refractivity contribution in [1.82, 2.24) is 15.1 Å². The van der Waals surface area contributed by atoms with Crippen molar-refractivity contribution in [2.75, 3.05) is 46.4 Å². The monoisotopic (exact) mass is 269 g/mol. The molecule has 2 aliphatic rings. The van der Waals surface area contributed by atoms with Crippen LogP contribution in [0.15, 0.2) is 0 Å². The van der Waals surface area contributed by atoms with Gasteiger partial charge in [-0.15, -0.1) is 0 Å². The van der Waals surface area contributed by atoms with Crippen LogP contribution in [0.3, 0.4) is 0 Å². The number of nitrogens with one attached hydrogen (secondary N) is 1. The lowest BCUT2D eigenvalue weighted by atomic mass is 9.92. The molecule has 4 nitrogen and oxygen atoms in total. The number of aliphatic hydroxyl groups is 1. The Kier molecular flexibility index (Phi) is 5.23. The van der Waals surface area contributed by atoms with Gasteiger partial charge in [-0.3, -0.25) is 4.90 Å². The van der Waals surface area contributed by atoms with Gasteiger partial charge >= 0.3 is 0 Å². The van der Waals surface area contributed by atoms with E-state index in [0.717, 1.165) is 26.2 Å². The molecule has 1 saturated heterocycles. The van der Waals surface area contributed by atoms with Gasteiger partial charge in [-0.1, -0.05) is 6.92 Å². The second kappa shape index (κ2) is 6.53. The summed E-state index contributed by atoms with van der Waals surface area (Å²) in [5, 5.41) is 13.6. The molecule has 112 valence electrons. The summed E-state index contributed by atoms with van der Waals surface area (Å²) < 4.78 is 0. The Hall–Kier alpha value is -0.160. The first kappa shape index (κ1) is 15.2. The maximum atomic E-state index is 9.96. The number of aliphatic hydroxyl groups excluding tert-OH is 1. The minimum atomic E-state index is -0.0636. The molecule has 1 aliphatic heterocycles. The number of hydrogen-bond acceptors (Lipinski definition) is 4. The lowest BCUT2D eigenvalue weighted by Crippen LogP contribution is -2.59. The normalized spacial score (nSPS) is 30.0. The Labute approximate surface area is 118 Å². The Morgan fingerprint density at radius 1 is 1.32 bits per heavy atom. The van der Waals surface area contributed by atoms with Gasteiger partial charge in [-0.2, -0.15) is 0 Å². The van der Waals surface area contributed by atoms with Crippen LogP contribution in [0.1, 0.15) is 33.1 Å². The van der Waals surface area contributed by atoms with Crippen LogP contribution in [0.25, 0.3) is 0 Å². The van der Waals surface area contributed by atoms with Crippen molar-refractivity contribution in [2.45, 2.75) is 44.7 Å². The molecule has 2 N–H and O–H groups in total. The summed E-state index contributed by atoms with van der Waals surface area (Å²) in [6, 6.07) is 0.579. The standard InChI is InChI=1S/C15H31N3O/c1-4-16-15(12-19,14-6-7-14)11-18-9-5-8-17(3)10-13(18)2/h13-14,16,19H,4-12H2,1-3H3. The average molecular weight is 269 g/mol. The van der Waals surface area contributed by atoms with Gasteiger partial charge in [0.1, 0.15) is 0 Å². The maximum absolute atomic E-state index is 9.96. The van der Waals surface area contributed by atoms with Gasteiger partial charge in [0.05, 0.1) is 12.1 Å². The highest BCUT2D eigenvalue weighted by Crippen LogP contribution is 2.40. The van der Waals surface area contributed by atoms with Crippen molar-refractivity contribution in [2.24, 2.45) is 5.92 Å². The topological polar surface area (TPSA) is 38.7 Å². The third-order valence-electron chi connectivity index (χ3n) is 4.84. The molecule has 0 amide bonds. The fourth-order valence-electron chi connectivity index (χ4n) is 3.57. The maximum Gasteiger partial charge on any atom is 0.0628 e. The van der Waals surface area contributed by atoms with Crippen molar-refractivity contribution in [3.8, 4) is 0 Å². The van der Waals surface area contributed by atoms with Crippen LogP contribution < -0.4 is 5.32 Å². The van der Waals surface area contributed by atoms with Crippen LogP contribution in [0.5, 0.6) is 0 Å². The van der Waals surface area contributed by atoms with E-state index in [4.69, 9.17) is 0 Å². The van der Waals surface area contributed by atoms with Gasteiger partial charge in [0, 0.05) is 19.1 Å². The molecule has 1 saturated carbocycles. The molecule has 0 spiro atoms. The summed E-state index contributed by atoms with van der Waals surface area (Å²) in [7, 11) is 2.21. The number of likely N-dealkylation sites (N-methyl/N-ethyl adjacent to an activating group) is 2. The summed E-state index contributed by atoms with van der Waals surface area (Å²) in [5.74, 6) is 0.672. The quantitative estimate of drug-likeness (QED) is 0.747. The van der Waals surface area contributed by atoms with Gasteiger partial charge in [0.25, 0.3) is 0 Å². The molecule has 0 aromatic carbocycles. The summed E-state index contributed by atoms with van der Waals surface area (Å²) in [4.78, 5) is 5.01. The van der Waals surface area contributed by atoms with E-state index in [9.17, 15) is 5.11 Å². The highest BCUT2D eigenvalue weighted by atomic mass is 16.3. The largest absolute Gasteiger partial charge is 0.394 e. The SMILES string of the molecule is CCNC(CO)(CN1CCCN(C)CC1C)C1CC1. The van der Waals surface area contributed by atoms with Crippen molar-refractivity contribution in [1.29, 1.82) is 0 Å². The second-order valence-corrected chi connectivity index (χ2v) is 6.55. The predicted molar refractivity (Wildman–Crippen MR) is 79.4 cm³/mol. The Balaban J connectivity index is 2.02. The lowest BCUT2D eigenvalue weighted by Gasteiger charge is -2.40. The summed E-state index contributed by atoms with van der Waals surface area (Å²) >= 11 is 0. The zero-order valence-corrected chi connectivity index (χ0v) is 12.9.